The van der Waals surface area contributed by atoms with Gasteiger partial charge in [-0.2, -0.15) is 8.75 Å². The van der Waals surface area contributed by atoms with Crippen LogP contribution in [0.5, 0.6) is 0 Å². The lowest BCUT2D eigenvalue weighted by atomic mass is 9.64. The molecule has 1 saturated heterocycles. The van der Waals surface area contributed by atoms with Gasteiger partial charge in [0.05, 0.1) is 17.9 Å². The maximum atomic E-state index is 12.2. The van der Waals surface area contributed by atoms with Crippen LogP contribution in [-0.2, 0) is 0 Å². The van der Waals surface area contributed by atoms with Crippen molar-refractivity contribution in [3.8, 4) is 0 Å². The zero-order chi connectivity index (χ0) is 15.1. The van der Waals surface area contributed by atoms with Gasteiger partial charge in [0.1, 0.15) is 0 Å². The molecule has 1 saturated carbocycles. The fourth-order valence-electron chi connectivity index (χ4n) is 4.02. The summed E-state index contributed by atoms with van der Waals surface area (Å²) >= 11 is 0.957. The third-order valence-corrected chi connectivity index (χ3v) is 5.59. The summed E-state index contributed by atoms with van der Waals surface area (Å²) in [6, 6.07) is -0.245. The van der Waals surface area contributed by atoms with Crippen LogP contribution in [0.25, 0.3) is 0 Å². The van der Waals surface area contributed by atoms with Gasteiger partial charge in [0.2, 0.25) is 0 Å². The number of hydrogen-bond donors (Lipinski definition) is 2. The van der Waals surface area contributed by atoms with Crippen molar-refractivity contribution in [2.45, 2.75) is 12.8 Å². The molecule has 0 spiro atoms. The molecular weight excluding hydrogens is 302 g/mol. The third kappa shape index (κ3) is 2.27. The average molecular weight is 319 g/mol. The quantitative estimate of drug-likeness (QED) is 0.598. The summed E-state index contributed by atoms with van der Waals surface area (Å²) < 4.78 is 7.58. The van der Waals surface area contributed by atoms with Gasteiger partial charge >= 0.3 is 6.03 Å². The first-order valence-corrected chi connectivity index (χ1v) is 8.26. The minimum atomic E-state index is -0.444. The van der Waals surface area contributed by atoms with Crippen LogP contribution >= 0.6 is 11.7 Å². The van der Waals surface area contributed by atoms with Crippen LogP contribution in [0.15, 0.2) is 18.3 Å². The van der Waals surface area contributed by atoms with Gasteiger partial charge in [-0.05, 0) is 36.5 Å². The fourth-order valence-corrected chi connectivity index (χ4v) is 4.43. The molecular formula is C14H17N5O2S. The van der Waals surface area contributed by atoms with Crippen molar-refractivity contribution in [3.63, 3.8) is 0 Å². The lowest BCUT2D eigenvalue weighted by molar-refractivity contribution is 0.0927. The number of nitrogens with zero attached hydrogens (tertiary/aromatic N) is 3. The molecule has 22 heavy (non-hydrogen) atoms. The average Bonchev–Trinajstić information content (AvgIpc) is 3.23. The van der Waals surface area contributed by atoms with E-state index in [1.165, 1.54) is 19.0 Å². The number of aromatic nitrogens is 2. The Balaban J connectivity index is 1.34. The lowest BCUT2D eigenvalue weighted by Crippen LogP contribution is -2.48. The summed E-state index contributed by atoms with van der Waals surface area (Å²) in [6.45, 7) is 1.55. The lowest BCUT2D eigenvalue weighted by Gasteiger charge is -2.40. The van der Waals surface area contributed by atoms with Crippen molar-refractivity contribution in [1.29, 1.82) is 0 Å². The summed E-state index contributed by atoms with van der Waals surface area (Å²) in [5, 5.41) is 0. The minimum absolute atomic E-state index is 0.211. The van der Waals surface area contributed by atoms with Crippen LogP contribution in [0, 0.1) is 23.7 Å². The molecule has 7 nitrogen and oxygen atoms in total. The van der Waals surface area contributed by atoms with Gasteiger partial charge in [0.25, 0.3) is 5.91 Å². The summed E-state index contributed by atoms with van der Waals surface area (Å²) in [7, 11) is 0. The zero-order valence-corrected chi connectivity index (χ0v) is 12.8. The van der Waals surface area contributed by atoms with E-state index >= 15 is 0 Å². The molecule has 2 N–H and O–H groups in total. The van der Waals surface area contributed by atoms with E-state index in [2.05, 4.69) is 31.8 Å². The summed E-state index contributed by atoms with van der Waals surface area (Å²) in [4.78, 5) is 25.8. The standard InChI is InChI=1S/C14H17N5O2S/c20-13(12-5-15-22-18-12)16-17-14(21)19-6-10-8-1-2-9(4-3-8)11(10)7-19/h1-2,5,8-11H,3-4,6-7H2,(H,16,20)(H,17,21)/t8-,9+,10+,11-. The van der Waals surface area contributed by atoms with Crippen molar-refractivity contribution >= 4 is 23.7 Å². The molecule has 2 bridgehead atoms. The van der Waals surface area contributed by atoms with Crippen LogP contribution in [-0.4, -0.2) is 38.7 Å². The molecule has 0 unspecified atom stereocenters. The molecule has 5 rings (SSSR count). The normalized spacial score (nSPS) is 31.9. The Bertz CT molecular complexity index is 595. The van der Waals surface area contributed by atoms with Crippen LogP contribution in [0.4, 0.5) is 4.79 Å². The number of carbonyl (C=O) groups is 2. The number of likely N-dealkylation sites (tertiary alicyclic amines) is 1. The second kappa shape index (κ2) is 5.35. The predicted octanol–water partition coefficient (Wildman–Crippen LogP) is 1.04. The Hall–Kier alpha value is -1.96. The van der Waals surface area contributed by atoms with E-state index in [0.29, 0.717) is 23.7 Å². The van der Waals surface area contributed by atoms with Crippen molar-refractivity contribution in [2.75, 3.05) is 13.1 Å². The number of amides is 3. The number of urea groups is 1. The van der Waals surface area contributed by atoms with Gasteiger partial charge < -0.3 is 4.90 Å². The van der Waals surface area contributed by atoms with Gasteiger partial charge in [0.15, 0.2) is 5.69 Å². The van der Waals surface area contributed by atoms with E-state index < -0.39 is 5.91 Å². The molecule has 3 aliphatic carbocycles. The van der Waals surface area contributed by atoms with Crippen molar-refractivity contribution in [3.05, 3.63) is 24.0 Å². The molecule has 3 amide bonds. The number of fused-ring (bicyclic) bond motifs is 1. The van der Waals surface area contributed by atoms with E-state index in [-0.39, 0.29) is 11.7 Å². The highest BCUT2D eigenvalue weighted by molar-refractivity contribution is 6.99. The highest BCUT2D eigenvalue weighted by Crippen LogP contribution is 2.48. The molecule has 2 heterocycles. The number of nitrogens with one attached hydrogen (secondary N) is 2. The van der Waals surface area contributed by atoms with E-state index in [0.717, 1.165) is 24.8 Å². The SMILES string of the molecule is O=C(NNC(=O)N1C[C@@H]2[C@H](C1)[C@H]1C=C[C@@H]2CC1)c1cnsn1. The van der Waals surface area contributed by atoms with Gasteiger partial charge in [-0.15, -0.1) is 0 Å². The molecule has 2 fully saturated rings. The van der Waals surface area contributed by atoms with Crippen molar-refractivity contribution < 1.29 is 9.59 Å². The number of hydrogen-bond acceptors (Lipinski definition) is 5. The number of allylic oxidation sites excluding steroid dienone is 2. The first-order chi connectivity index (χ1) is 10.7. The number of hydrazine groups is 1. The Morgan fingerprint density at radius 1 is 1.14 bits per heavy atom. The van der Waals surface area contributed by atoms with E-state index in [9.17, 15) is 9.59 Å². The fraction of sp³-hybridized carbons (Fsp3) is 0.571. The highest BCUT2D eigenvalue weighted by Gasteiger charge is 2.47. The summed E-state index contributed by atoms with van der Waals surface area (Å²) in [5.41, 5.74) is 5.08. The Morgan fingerprint density at radius 3 is 2.36 bits per heavy atom. The largest absolute Gasteiger partial charge is 0.336 e. The first-order valence-electron chi connectivity index (χ1n) is 7.53. The summed E-state index contributed by atoms with van der Waals surface area (Å²) in [5.74, 6) is 1.94. The second-order valence-corrected chi connectivity index (χ2v) is 6.76. The van der Waals surface area contributed by atoms with Gasteiger partial charge in [-0.1, -0.05) is 12.2 Å². The smallest absolute Gasteiger partial charge is 0.323 e. The summed E-state index contributed by atoms with van der Waals surface area (Å²) in [6.07, 6.45) is 8.51. The molecule has 1 aliphatic heterocycles. The van der Waals surface area contributed by atoms with Crippen LogP contribution in [0.1, 0.15) is 23.3 Å². The van der Waals surface area contributed by atoms with Gasteiger partial charge in [0, 0.05) is 13.1 Å². The van der Waals surface area contributed by atoms with Crippen LogP contribution in [0.2, 0.25) is 0 Å². The molecule has 8 heteroatoms. The molecule has 4 atom stereocenters. The molecule has 1 aromatic heterocycles. The van der Waals surface area contributed by atoms with E-state index in [1.54, 1.807) is 0 Å². The van der Waals surface area contributed by atoms with E-state index in [4.69, 9.17) is 0 Å². The monoisotopic (exact) mass is 319 g/mol. The van der Waals surface area contributed by atoms with E-state index in [1.807, 2.05) is 4.90 Å². The topological polar surface area (TPSA) is 87.2 Å². The Labute approximate surface area is 132 Å². The minimum Gasteiger partial charge on any atom is -0.323 e. The maximum absolute atomic E-state index is 12.2. The predicted molar refractivity (Wildman–Crippen MR) is 79.8 cm³/mol. The molecule has 0 radical (unpaired) electrons. The molecule has 4 aliphatic rings. The van der Waals surface area contributed by atoms with Gasteiger partial charge in [-0.3, -0.25) is 10.2 Å². The van der Waals surface area contributed by atoms with Crippen molar-refractivity contribution in [1.82, 2.24) is 24.5 Å². The van der Waals surface area contributed by atoms with Crippen LogP contribution in [0.3, 0.4) is 0 Å². The highest BCUT2D eigenvalue weighted by atomic mass is 32.1. The molecule has 116 valence electrons. The Morgan fingerprint density at radius 2 is 1.82 bits per heavy atom. The zero-order valence-electron chi connectivity index (χ0n) is 11.9. The molecule has 1 aromatic rings. The van der Waals surface area contributed by atoms with Gasteiger partial charge in [-0.25, -0.2) is 10.2 Å². The Kier molecular flexibility index (Phi) is 3.33. The number of carbonyl (C=O) groups excluding carboxylic acids is 2. The van der Waals surface area contributed by atoms with Crippen molar-refractivity contribution in [2.24, 2.45) is 23.7 Å². The maximum Gasteiger partial charge on any atom is 0.336 e. The second-order valence-electron chi connectivity index (χ2n) is 6.20. The van der Waals surface area contributed by atoms with Crippen LogP contribution < -0.4 is 10.9 Å². The third-order valence-electron chi connectivity index (χ3n) is 5.12. The first kappa shape index (κ1) is 13.7. The number of rotatable bonds is 1. The molecule has 0 aromatic carbocycles.